The molecular weight excluding hydrogens is 330 g/mol. The predicted molar refractivity (Wildman–Crippen MR) is 78.7 cm³/mol. The Kier molecular flexibility index (Phi) is 4.12. The molecule has 0 bridgehead atoms. The molecule has 1 heterocycles. The monoisotopic (exact) mass is 345 g/mol. The van der Waals surface area contributed by atoms with Gasteiger partial charge in [0.2, 0.25) is 0 Å². The number of rotatable bonds is 4. The predicted octanol–water partition coefficient (Wildman–Crippen LogP) is 3.17. The fraction of sp³-hybridized carbons (Fsp3) is 0.357. The number of pyridine rings is 1. The molecule has 0 fully saturated rings. The lowest BCUT2D eigenvalue weighted by molar-refractivity contribution is 0.509. The maximum absolute atomic E-state index is 13.9. The number of hydrogen-bond donors (Lipinski definition) is 1. The standard InChI is InChI=1S/C14H15BrF2N2O/c1-8(18)3-2-5-19-6-4-9-7-10(15)12(16)13(17)11(9)14(19)20/h4,6-8H,2-3,5,18H2,1H3/i8D. The third-order valence-electron chi connectivity index (χ3n) is 3.07. The van der Waals surface area contributed by atoms with E-state index >= 15 is 0 Å². The molecule has 1 unspecified atom stereocenters. The molecule has 2 aromatic rings. The van der Waals surface area contributed by atoms with Crippen molar-refractivity contribution in [3.63, 3.8) is 0 Å². The lowest BCUT2D eigenvalue weighted by Gasteiger charge is -2.10. The summed E-state index contributed by atoms with van der Waals surface area (Å²) in [5.41, 5.74) is 4.97. The van der Waals surface area contributed by atoms with Crippen molar-refractivity contribution in [1.82, 2.24) is 4.57 Å². The molecule has 2 rings (SSSR count). The van der Waals surface area contributed by atoms with Gasteiger partial charge in [0, 0.05) is 20.1 Å². The first-order valence-corrected chi connectivity index (χ1v) is 6.95. The van der Waals surface area contributed by atoms with Gasteiger partial charge in [0.25, 0.3) is 5.56 Å². The van der Waals surface area contributed by atoms with Gasteiger partial charge in [-0.1, -0.05) is 0 Å². The van der Waals surface area contributed by atoms with Gasteiger partial charge < -0.3 is 10.3 Å². The van der Waals surface area contributed by atoms with Crippen molar-refractivity contribution in [3.8, 4) is 0 Å². The molecule has 1 aromatic carbocycles. The molecule has 6 heteroatoms. The van der Waals surface area contributed by atoms with Crippen molar-refractivity contribution < 1.29 is 10.2 Å². The molecule has 0 saturated heterocycles. The van der Waals surface area contributed by atoms with Gasteiger partial charge in [0.1, 0.15) is 0 Å². The van der Waals surface area contributed by atoms with Gasteiger partial charge in [-0.3, -0.25) is 4.79 Å². The highest BCUT2D eigenvalue weighted by molar-refractivity contribution is 9.10. The zero-order valence-corrected chi connectivity index (χ0v) is 12.5. The molecule has 3 nitrogen and oxygen atoms in total. The highest BCUT2D eigenvalue weighted by atomic mass is 79.9. The Balaban J connectivity index is 2.40. The molecule has 0 spiro atoms. The number of fused-ring (bicyclic) bond motifs is 1. The van der Waals surface area contributed by atoms with Gasteiger partial charge in [-0.15, -0.1) is 0 Å². The van der Waals surface area contributed by atoms with Gasteiger partial charge >= 0.3 is 0 Å². The third kappa shape index (κ3) is 2.91. The summed E-state index contributed by atoms with van der Waals surface area (Å²) in [6.45, 7) is 1.88. The summed E-state index contributed by atoms with van der Waals surface area (Å²) in [6.07, 6.45) is 2.43. The Labute approximate surface area is 124 Å². The maximum Gasteiger partial charge on any atom is 0.261 e. The first kappa shape index (κ1) is 13.7. The van der Waals surface area contributed by atoms with Gasteiger partial charge in [-0.25, -0.2) is 8.78 Å². The average molecular weight is 346 g/mol. The minimum Gasteiger partial charge on any atom is -0.328 e. The second-order valence-corrected chi connectivity index (χ2v) is 5.57. The van der Waals surface area contributed by atoms with E-state index in [4.69, 9.17) is 7.10 Å². The molecule has 2 N–H and O–H groups in total. The maximum atomic E-state index is 13.9. The first-order valence-electron chi connectivity index (χ1n) is 6.66. The van der Waals surface area contributed by atoms with Crippen LogP contribution in [0.3, 0.4) is 0 Å². The van der Waals surface area contributed by atoms with Gasteiger partial charge in [0.15, 0.2) is 11.6 Å². The summed E-state index contributed by atoms with van der Waals surface area (Å²) in [5, 5.41) is 0.0748. The SMILES string of the molecule is [2H]C(C)(N)CCCn1ccc2cc(Br)c(F)c(F)c2c1=O. The Morgan fingerprint density at radius 2 is 2.20 bits per heavy atom. The number of nitrogens with zero attached hydrogens (tertiary/aromatic N) is 1. The molecule has 20 heavy (non-hydrogen) atoms. The Hall–Kier alpha value is -1.27. The second kappa shape index (κ2) is 6.01. The van der Waals surface area contributed by atoms with E-state index < -0.39 is 23.2 Å². The zero-order valence-electron chi connectivity index (χ0n) is 11.9. The third-order valence-corrected chi connectivity index (χ3v) is 3.65. The average Bonchev–Trinajstić information content (AvgIpc) is 2.37. The number of benzene rings is 1. The Bertz CT molecular complexity index is 740. The molecular formula is C14H15BrF2N2O. The van der Waals surface area contributed by atoms with Crippen molar-refractivity contribution in [2.75, 3.05) is 0 Å². The van der Waals surface area contributed by atoms with Crippen molar-refractivity contribution in [1.29, 1.82) is 0 Å². The van der Waals surface area contributed by atoms with Crippen LogP contribution in [0.2, 0.25) is 0 Å². The van der Waals surface area contributed by atoms with Gasteiger partial charge in [0.05, 0.1) is 9.86 Å². The molecule has 1 atom stereocenters. The van der Waals surface area contributed by atoms with E-state index in [1.54, 1.807) is 13.0 Å². The molecule has 108 valence electrons. The number of hydrogen-bond acceptors (Lipinski definition) is 2. The summed E-state index contributed by atoms with van der Waals surface area (Å²) in [5.74, 6) is -2.22. The lowest BCUT2D eigenvalue weighted by Crippen LogP contribution is -2.22. The van der Waals surface area contributed by atoms with Crippen LogP contribution in [0.25, 0.3) is 10.8 Å². The van der Waals surface area contributed by atoms with Crippen LogP contribution in [0.5, 0.6) is 0 Å². The van der Waals surface area contributed by atoms with E-state index in [1.807, 2.05) is 0 Å². The fourth-order valence-corrected chi connectivity index (χ4v) is 2.47. The zero-order chi connectivity index (χ0) is 15.8. The van der Waals surface area contributed by atoms with Crippen LogP contribution in [0.15, 0.2) is 27.6 Å². The van der Waals surface area contributed by atoms with Gasteiger partial charge in [-0.2, -0.15) is 0 Å². The molecule has 0 radical (unpaired) electrons. The smallest absolute Gasteiger partial charge is 0.261 e. The second-order valence-electron chi connectivity index (χ2n) is 4.71. The minimum atomic E-state index is -1.15. The van der Waals surface area contributed by atoms with Crippen LogP contribution in [0.1, 0.15) is 21.1 Å². The minimum absolute atomic E-state index is 0.0160. The van der Waals surface area contributed by atoms with E-state index in [-0.39, 0.29) is 9.86 Å². The molecule has 0 aliphatic heterocycles. The van der Waals surface area contributed by atoms with Crippen molar-refractivity contribution in [2.24, 2.45) is 5.73 Å². The number of aryl methyl sites for hydroxylation is 1. The van der Waals surface area contributed by atoms with Crippen LogP contribution >= 0.6 is 15.9 Å². The number of halogens is 3. The summed E-state index contributed by atoms with van der Waals surface area (Å²) < 4.78 is 36.4. The van der Waals surface area contributed by atoms with Crippen molar-refractivity contribution in [3.05, 3.63) is 44.8 Å². The molecule has 0 aliphatic carbocycles. The Morgan fingerprint density at radius 3 is 2.85 bits per heavy atom. The molecule has 0 aliphatic rings. The fourth-order valence-electron chi connectivity index (χ4n) is 2.05. The lowest BCUT2D eigenvalue weighted by atomic mass is 10.1. The van der Waals surface area contributed by atoms with Crippen LogP contribution in [-0.4, -0.2) is 10.6 Å². The molecule has 1 aromatic heterocycles. The number of nitrogens with two attached hydrogens (primary N) is 1. The molecule has 0 amide bonds. The van der Waals surface area contributed by atoms with Crippen LogP contribution in [0.4, 0.5) is 8.78 Å². The van der Waals surface area contributed by atoms with E-state index in [0.29, 0.717) is 24.8 Å². The highest BCUT2D eigenvalue weighted by Gasteiger charge is 2.15. The molecule has 0 saturated carbocycles. The summed E-state index contributed by atoms with van der Waals surface area (Å²) in [7, 11) is 0. The summed E-state index contributed by atoms with van der Waals surface area (Å²) in [6, 6.07) is 1.87. The van der Waals surface area contributed by atoms with E-state index in [0.717, 1.165) is 0 Å². The van der Waals surface area contributed by atoms with E-state index in [2.05, 4.69) is 15.9 Å². The quantitative estimate of drug-likeness (QED) is 0.865. The van der Waals surface area contributed by atoms with Crippen LogP contribution in [0, 0.1) is 11.6 Å². The van der Waals surface area contributed by atoms with Crippen molar-refractivity contribution >= 4 is 26.7 Å². The first-order chi connectivity index (χ1) is 9.70. The normalized spacial score (nSPS) is 15.2. The van der Waals surface area contributed by atoms with Gasteiger partial charge in [-0.05, 0) is 53.2 Å². The summed E-state index contributed by atoms with van der Waals surface area (Å²) in [4.78, 5) is 12.2. The Morgan fingerprint density at radius 1 is 1.50 bits per heavy atom. The van der Waals surface area contributed by atoms with E-state index in [9.17, 15) is 13.6 Å². The van der Waals surface area contributed by atoms with Crippen LogP contribution in [-0.2, 0) is 6.54 Å². The van der Waals surface area contributed by atoms with Crippen LogP contribution < -0.4 is 11.3 Å². The summed E-state index contributed by atoms with van der Waals surface area (Å²) >= 11 is 2.92. The number of aromatic nitrogens is 1. The topological polar surface area (TPSA) is 48.0 Å². The largest absolute Gasteiger partial charge is 0.328 e. The van der Waals surface area contributed by atoms with Crippen molar-refractivity contribution in [2.45, 2.75) is 32.3 Å². The highest BCUT2D eigenvalue weighted by Crippen LogP contribution is 2.25. The van der Waals surface area contributed by atoms with E-state index in [1.165, 1.54) is 16.8 Å².